The summed E-state index contributed by atoms with van der Waals surface area (Å²) in [4.78, 5) is 2.31. The summed E-state index contributed by atoms with van der Waals surface area (Å²) in [5.74, 6) is 0. The van der Waals surface area contributed by atoms with Crippen LogP contribution in [0.4, 0.5) is 11.4 Å². The lowest BCUT2D eigenvalue weighted by Crippen LogP contribution is -2.17. The van der Waals surface area contributed by atoms with Gasteiger partial charge in [0.15, 0.2) is 0 Å². The van der Waals surface area contributed by atoms with Crippen LogP contribution in [0.5, 0.6) is 0 Å². The Kier molecular flexibility index (Phi) is 10.6. The molecule has 1 aliphatic carbocycles. The summed E-state index contributed by atoms with van der Waals surface area (Å²) in [6.45, 7) is 6.07. The fourth-order valence-corrected chi connectivity index (χ4v) is 5.15. The van der Waals surface area contributed by atoms with Gasteiger partial charge in [-0.1, -0.05) is 128 Å². The highest BCUT2D eigenvalue weighted by Gasteiger charge is 2.18. The van der Waals surface area contributed by atoms with Crippen molar-refractivity contribution in [2.75, 3.05) is 4.90 Å². The standard InChI is InChI=1S/C43H37N/c1-3-4-24-39-26-17-18-29-43(39)44(41-27-13-5-6-14-28-41)42-33-32-40(34-35(42)2)38(31-30-37-21-11-8-12-22-37)25-16-15-23-36-19-9-7-10-20-36/h3-13,16-24,26-29,31-34H,1,25,30H2,2H3/b24-4-,38-31+. The zero-order valence-corrected chi connectivity index (χ0v) is 25.2. The fourth-order valence-electron chi connectivity index (χ4n) is 5.15. The third-order valence-electron chi connectivity index (χ3n) is 7.37. The van der Waals surface area contributed by atoms with Gasteiger partial charge in [0.05, 0.1) is 11.4 Å². The summed E-state index contributed by atoms with van der Waals surface area (Å²) in [6, 6.07) is 36.2. The van der Waals surface area contributed by atoms with Crippen LogP contribution in [0.2, 0.25) is 0 Å². The molecule has 0 spiro atoms. The molecule has 0 N–H and O–H groups in total. The Balaban J connectivity index is 1.54. The Morgan fingerprint density at radius 1 is 0.864 bits per heavy atom. The number of aryl methyl sites for hydroxylation is 1. The quantitative estimate of drug-likeness (QED) is 0.129. The Morgan fingerprint density at radius 3 is 2.43 bits per heavy atom. The third kappa shape index (κ3) is 8.03. The first-order valence-corrected chi connectivity index (χ1v) is 15.0. The smallest absolute Gasteiger partial charge is 0.0539 e. The Bertz CT molecular complexity index is 1830. The van der Waals surface area contributed by atoms with Gasteiger partial charge < -0.3 is 4.90 Å². The van der Waals surface area contributed by atoms with Crippen molar-refractivity contribution in [3.63, 3.8) is 0 Å². The third-order valence-corrected chi connectivity index (χ3v) is 7.37. The highest BCUT2D eigenvalue weighted by molar-refractivity contribution is 5.81. The topological polar surface area (TPSA) is 3.24 Å². The monoisotopic (exact) mass is 567 g/mol. The van der Waals surface area contributed by atoms with Gasteiger partial charge in [-0.3, -0.25) is 0 Å². The van der Waals surface area contributed by atoms with Crippen molar-refractivity contribution in [2.24, 2.45) is 0 Å². The highest BCUT2D eigenvalue weighted by atomic mass is 15.1. The molecule has 0 fully saturated rings. The molecule has 0 atom stereocenters. The molecule has 0 saturated heterocycles. The van der Waals surface area contributed by atoms with Crippen LogP contribution in [-0.2, 0) is 6.42 Å². The first-order chi connectivity index (χ1) is 21.7. The van der Waals surface area contributed by atoms with Crippen molar-refractivity contribution in [1.29, 1.82) is 0 Å². The molecule has 1 nitrogen and oxygen atoms in total. The largest absolute Gasteiger partial charge is 0.309 e. The first kappa shape index (κ1) is 29.9. The van der Waals surface area contributed by atoms with Crippen molar-refractivity contribution in [3.8, 4) is 0 Å². The van der Waals surface area contributed by atoms with Crippen molar-refractivity contribution in [1.82, 2.24) is 0 Å². The lowest BCUT2D eigenvalue weighted by atomic mass is 9.96. The number of hydrogen-bond acceptors (Lipinski definition) is 1. The van der Waals surface area contributed by atoms with E-state index in [4.69, 9.17) is 0 Å². The molecule has 44 heavy (non-hydrogen) atoms. The molecular weight excluding hydrogens is 530 g/mol. The van der Waals surface area contributed by atoms with Gasteiger partial charge in [0.2, 0.25) is 0 Å². The molecule has 0 aliphatic heterocycles. The lowest BCUT2D eigenvalue weighted by Gasteiger charge is -2.29. The maximum atomic E-state index is 3.87. The first-order valence-electron chi connectivity index (χ1n) is 15.0. The number of rotatable bonds is 11. The van der Waals surface area contributed by atoms with Crippen LogP contribution >= 0.6 is 0 Å². The molecule has 0 bridgehead atoms. The lowest BCUT2D eigenvalue weighted by molar-refractivity contribution is 1.18. The van der Waals surface area contributed by atoms with E-state index < -0.39 is 0 Å². The molecule has 0 aromatic heterocycles. The Hall–Kier alpha value is -5.58. The molecule has 1 aliphatic rings. The van der Waals surface area contributed by atoms with E-state index in [1.807, 2.05) is 54.7 Å². The minimum Gasteiger partial charge on any atom is -0.309 e. The minimum atomic E-state index is 0.789. The normalized spacial score (nSPS) is 12.4. The minimum absolute atomic E-state index is 0.789. The van der Waals surface area contributed by atoms with Gasteiger partial charge in [0.1, 0.15) is 0 Å². The van der Waals surface area contributed by atoms with E-state index in [0.717, 1.165) is 41.0 Å². The van der Waals surface area contributed by atoms with Gasteiger partial charge in [-0.05, 0) is 95.7 Å². The molecule has 0 amide bonds. The molecule has 0 unspecified atom stereocenters. The number of allylic oxidation sites excluding steroid dienone is 9. The second kappa shape index (κ2) is 15.6. The van der Waals surface area contributed by atoms with Gasteiger partial charge in [0, 0.05) is 11.8 Å². The van der Waals surface area contributed by atoms with E-state index in [9.17, 15) is 0 Å². The molecular formula is C43H37N. The Labute approximate surface area is 262 Å². The van der Waals surface area contributed by atoms with E-state index in [1.54, 1.807) is 0 Å². The summed E-state index contributed by atoms with van der Waals surface area (Å²) in [5.41, 5.74) is 17.2. The van der Waals surface area contributed by atoms with Crippen molar-refractivity contribution in [3.05, 3.63) is 209 Å². The summed E-state index contributed by atoms with van der Waals surface area (Å²) in [6.07, 6.45) is 24.2. The van der Waals surface area contributed by atoms with E-state index in [-0.39, 0.29) is 0 Å². The van der Waals surface area contributed by atoms with Crippen LogP contribution in [0, 0.1) is 6.92 Å². The molecule has 1 heteroatoms. The number of hydrogen-bond donors (Lipinski definition) is 0. The second-order valence-corrected chi connectivity index (χ2v) is 10.5. The maximum Gasteiger partial charge on any atom is 0.0539 e. The van der Waals surface area contributed by atoms with Gasteiger partial charge >= 0.3 is 0 Å². The van der Waals surface area contributed by atoms with Gasteiger partial charge in [-0.2, -0.15) is 0 Å². The van der Waals surface area contributed by atoms with Crippen LogP contribution in [0.1, 0.15) is 34.2 Å². The van der Waals surface area contributed by atoms with Crippen molar-refractivity contribution < 1.29 is 0 Å². The molecule has 4 aromatic carbocycles. The maximum absolute atomic E-state index is 3.87. The fraction of sp³-hybridized carbons (Fsp3) is 0.0698. The van der Waals surface area contributed by atoms with Gasteiger partial charge in [-0.15, -0.1) is 11.5 Å². The summed E-state index contributed by atoms with van der Waals surface area (Å²) >= 11 is 0. The number of nitrogens with zero attached hydrogens (tertiary/aromatic N) is 1. The number of anilines is 2. The predicted molar refractivity (Wildman–Crippen MR) is 191 cm³/mol. The second-order valence-electron chi connectivity index (χ2n) is 10.5. The molecule has 0 saturated carbocycles. The van der Waals surface area contributed by atoms with E-state index in [2.05, 4.69) is 145 Å². The van der Waals surface area contributed by atoms with Crippen LogP contribution < -0.4 is 4.90 Å². The molecule has 0 heterocycles. The van der Waals surface area contributed by atoms with E-state index >= 15 is 0 Å². The van der Waals surface area contributed by atoms with E-state index in [1.165, 1.54) is 22.3 Å². The zero-order chi connectivity index (χ0) is 30.4. The summed E-state index contributed by atoms with van der Waals surface area (Å²) in [5, 5.41) is 0. The van der Waals surface area contributed by atoms with Crippen molar-refractivity contribution in [2.45, 2.75) is 19.8 Å². The van der Waals surface area contributed by atoms with Gasteiger partial charge in [-0.25, -0.2) is 0 Å². The van der Waals surface area contributed by atoms with Crippen molar-refractivity contribution >= 4 is 29.1 Å². The summed E-state index contributed by atoms with van der Waals surface area (Å²) < 4.78 is 0. The number of benzene rings is 4. The molecule has 214 valence electrons. The number of para-hydroxylation sites is 1. The predicted octanol–water partition coefficient (Wildman–Crippen LogP) is 11.4. The SMILES string of the molecule is C=C/C=C\c1ccccc1N(C1=CC=CC=C=C1)c1ccc(/C(=C/Cc2ccccc2)CC=C=Cc2ccccc2)cc1C. The van der Waals surface area contributed by atoms with Crippen LogP contribution in [0.3, 0.4) is 0 Å². The summed E-state index contributed by atoms with van der Waals surface area (Å²) in [7, 11) is 0. The Morgan fingerprint density at radius 2 is 1.64 bits per heavy atom. The van der Waals surface area contributed by atoms with Crippen LogP contribution in [0.15, 0.2) is 182 Å². The van der Waals surface area contributed by atoms with Crippen LogP contribution in [0.25, 0.3) is 17.7 Å². The molecule has 4 aromatic rings. The average molecular weight is 568 g/mol. The molecule has 0 radical (unpaired) electrons. The van der Waals surface area contributed by atoms with Gasteiger partial charge in [0.25, 0.3) is 0 Å². The van der Waals surface area contributed by atoms with Crippen LogP contribution in [-0.4, -0.2) is 0 Å². The van der Waals surface area contributed by atoms with E-state index in [0.29, 0.717) is 0 Å². The highest BCUT2D eigenvalue weighted by Crippen LogP contribution is 2.37. The average Bonchev–Trinajstić information content (AvgIpc) is 3.35. The zero-order valence-electron chi connectivity index (χ0n) is 25.2. The molecule has 5 rings (SSSR count).